The van der Waals surface area contributed by atoms with Crippen molar-refractivity contribution in [3.05, 3.63) is 90.0 Å². The van der Waals surface area contributed by atoms with Gasteiger partial charge in [-0.25, -0.2) is 10.2 Å². The van der Waals surface area contributed by atoms with Crippen LogP contribution in [0.3, 0.4) is 0 Å². The van der Waals surface area contributed by atoms with Gasteiger partial charge in [0.25, 0.3) is 0 Å². The Balaban J connectivity index is 1.37. The number of amides is 2. The van der Waals surface area contributed by atoms with Crippen molar-refractivity contribution in [1.82, 2.24) is 5.43 Å². The van der Waals surface area contributed by atoms with Crippen molar-refractivity contribution in [2.45, 2.75) is 32.6 Å². The van der Waals surface area contributed by atoms with Crippen molar-refractivity contribution in [3.8, 4) is 11.5 Å². The maximum absolute atomic E-state index is 11.9. The molecule has 2 amide bonds. The highest BCUT2D eigenvalue weighted by atomic mass is 16.5. The second-order valence-electron chi connectivity index (χ2n) is 8.59. The first-order chi connectivity index (χ1) is 15.9. The number of carbonyl (C=O) groups excluding carboxylic acids is 1. The number of hydrogen-bond acceptors (Lipinski definition) is 4. The van der Waals surface area contributed by atoms with Crippen LogP contribution in [0.2, 0.25) is 0 Å². The number of rotatable bonds is 9. The summed E-state index contributed by atoms with van der Waals surface area (Å²) in [5.41, 5.74) is 5.39. The van der Waals surface area contributed by atoms with Crippen LogP contribution in [0.15, 0.2) is 84.0 Å². The summed E-state index contributed by atoms with van der Waals surface area (Å²) in [6.07, 6.45) is 2.34. The summed E-state index contributed by atoms with van der Waals surface area (Å²) < 4.78 is 11.6. The quantitative estimate of drug-likeness (QED) is 0.241. The number of hydrogen-bond donors (Lipinski definition) is 2. The van der Waals surface area contributed by atoms with Gasteiger partial charge in [-0.3, -0.25) is 0 Å². The maximum atomic E-state index is 11.9. The molecule has 0 spiro atoms. The molecule has 0 saturated carbocycles. The number of nitrogens with zero attached hydrogens (tertiary/aromatic N) is 1. The highest BCUT2D eigenvalue weighted by molar-refractivity contribution is 5.90. The first-order valence-corrected chi connectivity index (χ1v) is 11.0. The van der Waals surface area contributed by atoms with Gasteiger partial charge in [0.15, 0.2) is 0 Å². The third kappa shape index (κ3) is 8.33. The summed E-state index contributed by atoms with van der Waals surface area (Å²) in [5.74, 6) is 1.60. The molecular formula is C27H31N3O3. The summed E-state index contributed by atoms with van der Waals surface area (Å²) in [4.78, 5) is 11.9. The number of carbonyl (C=O) groups is 1. The topological polar surface area (TPSA) is 72.0 Å². The molecule has 6 nitrogen and oxygen atoms in total. The monoisotopic (exact) mass is 445 g/mol. The first-order valence-electron chi connectivity index (χ1n) is 11.0. The molecule has 0 fully saturated rings. The molecule has 0 bridgehead atoms. The molecule has 0 aliphatic carbocycles. The number of anilines is 1. The van der Waals surface area contributed by atoms with Gasteiger partial charge in [0.05, 0.1) is 19.4 Å². The van der Waals surface area contributed by atoms with E-state index in [9.17, 15) is 4.79 Å². The summed E-state index contributed by atoms with van der Waals surface area (Å²) in [6.45, 7) is 7.70. The molecule has 0 saturated heterocycles. The minimum absolute atomic E-state index is 0.135. The molecule has 6 heteroatoms. The molecule has 172 valence electrons. The van der Waals surface area contributed by atoms with Gasteiger partial charge < -0.3 is 14.8 Å². The van der Waals surface area contributed by atoms with E-state index in [-0.39, 0.29) is 5.41 Å². The molecule has 3 aromatic rings. The Morgan fingerprint density at radius 3 is 2.27 bits per heavy atom. The smallest absolute Gasteiger partial charge is 0.339 e. The molecular weight excluding hydrogens is 414 g/mol. The Kier molecular flexibility index (Phi) is 8.47. The number of para-hydroxylation sites is 1. The van der Waals surface area contributed by atoms with Crippen LogP contribution in [0.5, 0.6) is 11.5 Å². The van der Waals surface area contributed by atoms with E-state index in [0.717, 1.165) is 23.5 Å². The lowest BCUT2D eigenvalue weighted by atomic mass is 9.87. The lowest BCUT2D eigenvalue weighted by Gasteiger charge is -2.19. The van der Waals surface area contributed by atoms with E-state index in [4.69, 9.17) is 9.47 Å². The van der Waals surface area contributed by atoms with Gasteiger partial charge in [0, 0.05) is 12.1 Å². The van der Waals surface area contributed by atoms with Crippen LogP contribution in [0, 0.1) is 0 Å². The minimum Gasteiger partial charge on any atom is -0.493 e. The zero-order valence-electron chi connectivity index (χ0n) is 19.4. The van der Waals surface area contributed by atoms with Gasteiger partial charge in [-0.15, -0.1) is 0 Å². The van der Waals surface area contributed by atoms with Crippen molar-refractivity contribution in [1.29, 1.82) is 0 Å². The molecule has 0 aliphatic rings. The molecule has 3 aromatic carbocycles. The molecule has 33 heavy (non-hydrogen) atoms. The van der Waals surface area contributed by atoms with Crippen LogP contribution in [0.4, 0.5) is 10.5 Å². The molecule has 0 aliphatic heterocycles. The number of hydrazone groups is 1. The van der Waals surface area contributed by atoms with E-state index < -0.39 is 6.03 Å². The van der Waals surface area contributed by atoms with E-state index in [0.29, 0.717) is 18.9 Å². The zero-order valence-corrected chi connectivity index (χ0v) is 19.4. The lowest BCUT2D eigenvalue weighted by molar-refractivity contribution is 0.247. The Bertz CT molecular complexity index is 1040. The van der Waals surface area contributed by atoms with Crippen LogP contribution < -0.4 is 20.2 Å². The Labute approximate surface area is 195 Å². The summed E-state index contributed by atoms with van der Waals surface area (Å²) in [7, 11) is 0. The SMILES string of the molecule is CC(C)(C)c1ccc(OCCCOc2cccc(C=NNC(=O)Nc3ccccc3)c2)cc1. The normalized spacial score (nSPS) is 11.2. The third-order valence-electron chi connectivity index (χ3n) is 4.82. The first kappa shape index (κ1) is 23.9. The van der Waals surface area contributed by atoms with Crippen molar-refractivity contribution in [2.75, 3.05) is 18.5 Å². The molecule has 3 rings (SSSR count). The maximum Gasteiger partial charge on any atom is 0.339 e. The average molecular weight is 446 g/mol. The van der Waals surface area contributed by atoms with Crippen molar-refractivity contribution < 1.29 is 14.3 Å². The number of urea groups is 1. The van der Waals surface area contributed by atoms with E-state index in [1.54, 1.807) is 18.3 Å². The van der Waals surface area contributed by atoms with Gasteiger partial charge in [-0.1, -0.05) is 63.2 Å². The van der Waals surface area contributed by atoms with Gasteiger partial charge in [0.1, 0.15) is 11.5 Å². The van der Waals surface area contributed by atoms with Crippen molar-refractivity contribution in [2.24, 2.45) is 5.10 Å². The highest BCUT2D eigenvalue weighted by Gasteiger charge is 2.12. The van der Waals surface area contributed by atoms with Gasteiger partial charge in [-0.2, -0.15) is 5.10 Å². The molecule has 0 unspecified atom stereocenters. The van der Waals surface area contributed by atoms with E-state index in [1.807, 2.05) is 54.6 Å². The number of benzene rings is 3. The third-order valence-corrected chi connectivity index (χ3v) is 4.82. The number of nitrogens with one attached hydrogen (secondary N) is 2. The zero-order chi connectivity index (χ0) is 23.5. The molecule has 0 atom stereocenters. The standard InChI is InChI=1S/C27H31N3O3/c1-27(2,3)22-13-15-24(16-14-22)32-17-8-18-33-25-12-7-9-21(19-25)20-28-30-26(31)29-23-10-5-4-6-11-23/h4-7,9-16,19-20H,8,17-18H2,1-3H3,(H2,29,30,31). The Morgan fingerprint density at radius 1 is 0.879 bits per heavy atom. The van der Waals surface area contributed by atoms with Crippen LogP contribution >= 0.6 is 0 Å². The second kappa shape index (κ2) is 11.7. The predicted molar refractivity (Wildman–Crippen MR) is 133 cm³/mol. The Morgan fingerprint density at radius 2 is 1.58 bits per heavy atom. The highest BCUT2D eigenvalue weighted by Crippen LogP contribution is 2.24. The summed E-state index contributed by atoms with van der Waals surface area (Å²) in [6, 6.07) is 24.6. The number of ether oxygens (including phenoxy) is 2. The largest absolute Gasteiger partial charge is 0.493 e. The van der Waals surface area contributed by atoms with Crippen LogP contribution in [-0.2, 0) is 5.41 Å². The van der Waals surface area contributed by atoms with Crippen molar-refractivity contribution in [3.63, 3.8) is 0 Å². The average Bonchev–Trinajstić information content (AvgIpc) is 2.79. The van der Waals surface area contributed by atoms with Gasteiger partial charge in [0.2, 0.25) is 0 Å². The van der Waals surface area contributed by atoms with Crippen LogP contribution in [0.25, 0.3) is 0 Å². The van der Waals surface area contributed by atoms with E-state index in [2.05, 4.69) is 48.7 Å². The van der Waals surface area contributed by atoms with Crippen LogP contribution in [-0.4, -0.2) is 25.5 Å². The fourth-order valence-electron chi connectivity index (χ4n) is 3.02. The molecule has 2 N–H and O–H groups in total. The molecule has 0 radical (unpaired) electrons. The van der Waals surface area contributed by atoms with Gasteiger partial charge in [-0.05, 0) is 52.9 Å². The van der Waals surface area contributed by atoms with Gasteiger partial charge >= 0.3 is 6.03 Å². The fraction of sp³-hybridized carbons (Fsp3) is 0.259. The second-order valence-corrected chi connectivity index (χ2v) is 8.59. The van der Waals surface area contributed by atoms with E-state index in [1.165, 1.54) is 5.56 Å². The Hall–Kier alpha value is -3.80. The predicted octanol–water partition coefficient (Wildman–Crippen LogP) is 5.99. The molecule has 0 aromatic heterocycles. The lowest BCUT2D eigenvalue weighted by Crippen LogP contribution is -2.24. The van der Waals surface area contributed by atoms with Crippen molar-refractivity contribution >= 4 is 17.9 Å². The summed E-state index contributed by atoms with van der Waals surface area (Å²) >= 11 is 0. The molecule has 0 heterocycles. The summed E-state index contributed by atoms with van der Waals surface area (Å²) in [5, 5.41) is 6.68. The minimum atomic E-state index is -0.405. The fourth-order valence-corrected chi connectivity index (χ4v) is 3.02. The van der Waals surface area contributed by atoms with E-state index >= 15 is 0 Å². The van der Waals surface area contributed by atoms with Crippen LogP contribution in [0.1, 0.15) is 38.3 Å².